The Morgan fingerprint density at radius 2 is 1.69 bits per heavy atom. The summed E-state index contributed by atoms with van der Waals surface area (Å²) in [5.41, 5.74) is 5.38. The van der Waals surface area contributed by atoms with E-state index < -0.39 is 0 Å². The molecule has 5 nitrogen and oxygen atoms in total. The molecule has 0 radical (unpaired) electrons. The van der Waals surface area contributed by atoms with Crippen LogP contribution in [-0.4, -0.2) is 37.6 Å². The molecule has 138 valence electrons. The third-order valence-corrected chi connectivity index (χ3v) is 4.41. The molecule has 0 saturated carbocycles. The fourth-order valence-electron chi connectivity index (χ4n) is 3.35. The van der Waals surface area contributed by atoms with Crippen LogP contribution in [0.25, 0.3) is 0 Å². The van der Waals surface area contributed by atoms with Gasteiger partial charge in [-0.2, -0.15) is 0 Å². The van der Waals surface area contributed by atoms with Gasteiger partial charge in [-0.05, 0) is 56.6 Å². The number of nitrogens with one attached hydrogen (secondary N) is 1. The number of hydrogen-bond donors (Lipinski definition) is 1. The van der Waals surface area contributed by atoms with E-state index in [0.29, 0.717) is 26.3 Å². The van der Waals surface area contributed by atoms with E-state index in [1.807, 2.05) is 44.0 Å². The van der Waals surface area contributed by atoms with Gasteiger partial charge in [0.05, 0.1) is 6.54 Å². The van der Waals surface area contributed by atoms with Crippen LogP contribution in [0, 0.1) is 20.8 Å². The van der Waals surface area contributed by atoms with Crippen molar-refractivity contribution in [3.8, 4) is 11.5 Å². The molecule has 1 N–H and O–H groups in total. The van der Waals surface area contributed by atoms with Gasteiger partial charge in [-0.3, -0.25) is 9.69 Å². The summed E-state index contributed by atoms with van der Waals surface area (Å²) in [5.74, 6) is 1.54. The Bertz CT molecular complexity index is 794. The number of carbonyl (C=O) groups is 1. The first-order chi connectivity index (χ1) is 12.4. The molecule has 0 saturated heterocycles. The Balaban J connectivity index is 1.59. The highest BCUT2D eigenvalue weighted by atomic mass is 16.6. The van der Waals surface area contributed by atoms with Crippen LogP contribution in [0.4, 0.5) is 5.69 Å². The number of likely N-dealkylation sites (N-methyl/N-ethyl adjacent to an activating group) is 1. The second kappa shape index (κ2) is 7.79. The first-order valence-electron chi connectivity index (χ1n) is 8.87. The fourth-order valence-corrected chi connectivity index (χ4v) is 3.35. The van der Waals surface area contributed by atoms with E-state index in [4.69, 9.17) is 9.47 Å². The van der Waals surface area contributed by atoms with E-state index in [9.17, 15) is 4.79 Å². The Hall–Kier alpha value is -2.53. The van der Waals surface area contributed by atoms with E-state index >= 15 is 0 Å². The molecule has 0 bridgehead atoms. The first kappa shape index (κ1) is 18.3. The molecular formula is C21H26N2O3. The van der Waals surface area contributed by atoms with Gasteiger partial charge in [0.1, 0.15) is 13.2 Å². The van der Waals surface area contributed by atoms with Crippen LogP contribution >= 0.6 is 0 Å². The lowest BCUT2D eigenvalue weighted by molar-refractivity contribution is -0.117. The van der Waals surface area contributed by atoms with E-state index in [-0.39, 0.29) is 5.91 Å². The van der Waals surface area contributed by atoms with E-state index in [1.165, 1.54) is 5.56 Å². The molecule has 3 rings (SSSR count). The largest absolute Gasteiger partial charge is 0.486 e. The lowest BCUT2D eigenvalue weighted by Crippen LogP contribution is -2.30. The molecule has 1 amide bonds. The number of aryl methyl sites for hydroxylation is 3. The molecule has 2 aromatic rings. The summed E-state index contributed by atoms with van der Waals surface area (Å²) in [7, 11) is 1.94. The van der Waals surface area contributed by atoms with Crippen molar-refractivity contribution in [2.24, 2.45) is 0 Å². The fraction of sp³-hybridized carbons (Fsp3) is 0.381. The maximum absolute atomic E-state index is 12.4. The van der Waals surface area contributed by atoms with Gasteiger partial charge in [0, 0.05) is 12.2 Å². The van der Waals surface area contributed by atoms with E-state index in [1.54, 1.807) is 0 Å². The molecule has 0 spiro atoms. The maximum Gasteiger partial charge on any atom is 0.238 e. The number of nitrogens with zero attached hydrogens (tertiary/aromatic N) is 1. The predicted octanol–water partition coefficient (Wildman–Crippen LogP) is 3.45. The van der Waals surface area contributed by atoms with Gasteiger partial charge < -0.3 is 14.8 Å². The number of anilines is 1. The zero-order valence-electron chi connectivity index (χ0n) is 15.9. The Labute approximate surface area is 154 Å². The number of carbonyl (C=O) groups excluding carboxylic acids is 1. The van der Waals surface area contributed by atoms with E-state index in [2.05, 4.69) is 24.4 Å². The summed E-state index contributed by atoms with van der Waals surface area (Å²) in [6.07, 6.45) is 0. The van der Waals surface area contributed by atoms with Gasteiger partial charge in [0.15, 0.2) is 11.5 Å². The smallest absolute Gasteiger partial charge is 0.238 e. The summed E-state index contributed by atoms with van der Waals surface area (Å²) in [5, 5.41) is 3.05. The van der Waals surface area contributed by atoms with Gasteiger partial charge in [0.25, 0.3) is 0 Å². The van der Waals surface area contributed by atoms with Crippen molar-refractivity contribution in [1.29, 1.82) is 0 Å². The molecule has 0 aliphatic carbocycles. The normalized spacial score (nSPS) is 13.0. The van der Waals surface area contributed by atoms with Crippen molar-refractivity contribution >= 4 is 11.6 Å². The zero-order valence-corrected chi connectivity index (χ0v) is 15.9. The number of rotatable bonds is 5. The van der Waals surface area contributed by atoms with Crippen molar-refractivity contribution in [2.45, 2.75) is 27.3 Å². The van der Waals surface area contributed by atoms with Crippen molar-refractivity contribution in [3.63, 3.8) is 0 Å². The standard InChI is InChI=1S/C21H26N2O3/c1-14-9-15(2)21(16(3)10-14)22-20(24)13-23(4)12-17-5-6-18-19(11-17)26-8-7-25-18/h5-6,9-11H,7-8,12-13H2,1-4H3,(H,22,24). The maximum atomic E-state index is 12.4. The van der Waals surface area contributed by atoms with Crippen molar-refractivity contribution in [1.82, 2.24) is 4.90 Å². The number of benzene rings is 2. The van der Waals surface area contributed by atoms with Crippen molar-refractivity contribution in [2.75, 3.05) is 32.1 Å². The van der Waals surface area contributed by atoms with Crippen LogP contribution in [0.15, 0.2) is 30.3 Å². The highest BCUT2D eigenvalue weighted by Crippen LogP contribution is 2.31. The molecule has 0 fully saturated rings. The van der Waals surface area contributed by atoms with Crippen LogP contribution in [0.1, 0.15) is 22.3 Å². The summed E-state index contributed by atoms with van der Waals surface area (Å²) in [4.78, 5) is 14.4. The monoisotopic (exact) mass is 354 g/mol. The third-order valence-electron chi connectivity index (χ3n) is 4.41. The molecule has 1 aliphatic rings. The molecule has 0 atom stereocenters. The van der Waals surface area contributed by atoms with Gasteiger partial charge in [-0.25, -0.2) is 0 Å². The SMILES string of the molecule is Cc1cc(C)c(NC(=O)CN(C)Cc2ccc3c(c2)OCCO3)c(C)c1. The van der Waals surface area contributed by atoms with Crippen LogP contribution < -0.4 is 14.8 Å². The molecule has 0 aromatic heterocycles. The van der Waals surface area contributed by atoms with Crippen LogP contribution in [0.2, 0.25) is 0 Å². The average Bonchev–Trinajstić information content (AvgIpc) is 2.58. The van der Waals surface area contributed by atoms with Gasteiger partial charge in [0.2, 0.25) is 5.91 Å². The number of ether oxygens (including phenoxy) is 2. The molecule has 0 unspecified atom stereocenters. The minimum atomic E-state index is -0.0138. The summed E-state index contributed by atoms with van der Waals surface area (Å²) in [6.45, 7) is 8.25. The minimum Gasteiger partial charge on any atom is -0.486 e. The second-order valence-electron chi connectivity index (χ2n) is 6.97. The number of amides is 1. The Morgan fingerprint density at radius 1 is 1.04 bits per heavy atom. The third kappa shape index (κ3) is 4.35. The molecule has 26 heavy (non-hydrogen) atoms. The first-order valence-corrected chi connectivity index (χ1v) is 8.87. The number of hydrogen-bond acceptors (Lipinski definition) is 4. The zero-order chi connectivity index (χ0) is 18.7. The Kier molecular flexibility index (Phi) is 5.47. The molecule has 5 heteroatoms. The van der Waals surface area contributed by atoms with Crippen LogP contribution in [0.3, 0.4) is 0 Å². The summed E-state index contributed by atoms with van der Waals surface area (Å²) < 4.78 is 11.2. The lowest BCUT2D eigenvalue weighted by Gasteiger charge is -2.21. The van der Waals surface area contributed by atoms with Gasteiger partial charge in [-0.1, -0.05) is 23.8 Å². The predicted molar refractivity (Wildman–Crippen MR) is 103 cm³/mol. The second-order valence-corrected chi connectivity index (χ2v) is 6.97. The van der Waals surface area contributed by atoms with Gasteiger partial charge in [-0.15, -0.1) is 0 Å². The van der Waals surface area contributed by atoms with Crippen molar-refractivity contribution in [3.05, 3.63) is 52.6 Å². The molecule has 1 aliphatic heterocycles. The van der Waals surface area contributed by atoms with Gasteiger partial charge >= 0.3 is 0 Å². The van der Waals surface area contributed by atoms with Crippen molar-refractivity contribution < 1.29 is 14.3 Å². The highest BCUT2D eigenvalue weighted by molar-refractivity contribution is 5.93. The summed E-state index contributed by atoms with van der Waals surface area (Å²) in [6, 6.07) is 10.1. The Morgan fingerprint density at radius 3 is 2.38 bits per heavy atom. The highest BCUT2D eigenvalue weighted by Gasteiger charge is 2.14. The van der Waals surface area contributed by atoms with Crippen LogP contribution in [0.5, 0.6) is 11.5 Å². The molecule has 2 aromatic carbocycles. The number of fused-ring (bicyclic) bond motifs is 1. The average molecular weight is 354 g/mol. The molecule has 1 heterocycles. The molecular weight excluding hydrogens is 328 g/mol. The van der Waals surface area contributed by atoms with Crippen LogP contribution in [-0.2, 0) is 11.3 Å². The van der Waals surface area contributed by atoms with E-state index in [0.717, 1.165) is 33.9 Å². The summed E-state index contributed by atoms with van der Waals surface area (Å²) >= 11 is 0. The quantitative estimate of drug-likeness (QED) is 0.893. The minimum absolute atomic E-state index is 0.0138. The topological polar surface area (TPSA) is 50.8 Å². The lowest BCUT2D eigenvalue weighted by atomic mass is 10.1.